The van der Waals surface area contributed by atoms with E-state index in [9.17, 15) is 9.59 Å². The molecule has 22 heavy (non-hydrogen) atoms. The van der Waals surface area contributed by atoms with Gasteiger partial charge in [-0.05, 0) is 32.4 Å². The molecule has 0 aliphatic rings. The molecule has 1 aromatic rings. The normalized spacial score (nSPS) is 11.0. The number of carbonyl (C=O) groups is 2. The Labute approximate surface area is 132 Å². The number of rotatable bonds is 7. The summed E-state index contributed by atoms with van der Waals surface area (Å²) >= 11 is 0. The highest BCUT2D eigenvalue weighted by Gasteiger charge is 2.27. The van der Waals surface area contributed by atoms with Crippen LogP contribution in [0.2, 0.25) is 0 Å². The summed E-state index contributed by atoms with van der Waals surface area (Å²) in [5, 5.41) is 0. The van der Waals surface area contributed by atoms with Crippen molar-refractivity contribution in [3.05, 3.63) is 29.8 Å². The molecule has 0 N–H and O–H groups in total. The summed E-state index contributed by atoms with van der Waals surface area (Å²) in [6.07, 6.45) is 0.696. The molecule has 1 rings (SSSR count). The van der Waals surface area contributed by atoms with Crippen LogP contribution < -0.4 is 4.90 Å². The van der Waals surface area contributed by atoms with Gasteiger partial charge < -0.3 is 14.4 Å². The van der Waals surface area contributed by atoms with Crippen LogP contribution in [-0.4, -0.2) is 39.2 Å². The summed E-state index contributed by atoms with van der Waals surface area (Å²) < 4.78 is 10.3. The second-order valence-corrected chi connectivity index (χ2v) is 5.92. The van der Waals surface area contributed by atoms with Gasteiger partial charge in [0, 0.05) is 14.1 Å². The molecule has 0 saturated heterocycles. The van der Waals surface area contributed by atoms with Crippen molar-refractivity contribution in [2.75, 3.05) is 32.2 Å². The third-order valence-corrected chi connectivity index (χ3v) is 3.59. The summed E-state index contributed by atoms with van der Waals surface area (Å²) in [6, 6.07) is 7.21. The van der Waals surface area contributed by atoms with E-state index in [0.29, 0.717) is 12.0 Å². The zero-order valence-corrected chi connectivity index (χ0v) is 14.0. The molecule has 0 radical (unpaired) electrons. The van der Waals surface area contributed by atoms with Gasteiger partial charge in [0.2, 0.25) is 0 Å². The van der Waals surface area contributed by atoms with Crippen molar-refractivity contribution < 1.29 is 19.1 Å². The van der Waals surface area contributed by atoms with Crippen molar-refractivity contribution >= 4 is 17.6 Å². The van der Waals surface area contributed by atoms with Crippen LogP contribution in [0.1, 0.15) is 37.6 Å². The Bertz CT molecular complexity index is 523. The Morgan fingerprint density at radius 3 is 2.27 bits per heavy atom. The van der Waals surface area contributed by atoms with E-state index < -0.39 is 11.4 Å². The van der Waals surface area contributed by atoms with Crippen molar-refractivity contribution in [1.82, 2.24) is 0 Å². The summed E-state index contributed by atoms with van der Waals surface area (Å²) in [4.78, 5) is 25.7. The molecule has 0 amide bonds. The van der Waals surface area contributed by atoms with Gasteiger partial charge in [-0.25, -0.2) is 4.79 Å². The van der Waals surface area contributed by atoms with Crippen LogP contribution in [-0.2, 0) is 14.3 Å². The van der Waals surface area contributed by atoms with Gasteiger partial charge in [0.25, 0.3) is 0 Å². The number of hydrogen-bond acceptors (Lipinski definition) is 5. The number of anilines is 1. The number of nitrogens with zero attached hydrogens (tertiary/aromatic N) is 1. The fourth-order valence-electron chi connectivity index (χ4n) is 1.72. The Hall–Kier alpha value is -2.04. The molecule has 0 fully saturated rings. The first-order valence-electron chi connectivity index (χ1n) is 7.40. The highest BCUT2D eigenvalue weighted by Crippen LogP contribution is 2.21. The average molecular weight is 307 g/mol. The zero-order chi connectivity index (χ0) is 16.8. The molecule has 0 heterocycles. The van der Waals surface area contributed by atoms with Crippen LogP contribution in [0.3, 0.4) is 0 Å². The average Bonchev–Trinajstić information content (AvgIpc) is 2.50. The lowest BCUT2D eigenvalue weighted by atomic mass is 9.91. The zero-order valence-electron chi connectivity index (χ0n) is 14.0. The van der Waals surface area contributed by atoms with Crippen molar-refractivity contribution in [2.45, 2.75) is 27.2 Å². The van der Waals surface area contributed by atoms with Gasteiger partial charge in [-0.2, -0.15) is 0 Å². The van der Waals surface area contributed by atoms with Gasteiger partial charge in [-0.1, -0.05) is 19.1 Å². The van der Waals surface area contributed by atoms with Crippen LogP contribution in [0, 0.1) is 5.41 Å². The minimum absolute atomic E-state index is 0.0477. The van der Waals surface area contributed by atoms with Gasteiger partial charge in [-0.15, -0.1) is 0 Å². The van der Waals surface area contributed by atoms with Crippen LogP contribution in [0.4, 0.5) is 5.69 Å². The van der Waals surface area contributed by atoms with E-state index in [2.05, 4.69) is 0 Å². The van der Waals surface area contributed by atoms with Crippen LogP contribution in [0.25, 0.3) is 0 Å². The smallest absolute Gasteiger partial charge is 0.340 e. The van der Waals surface area contributed by atoms with Gasteiger partial charge >= 0.3 is 11.9 Å². The van der Waals surface area contributed by atoms with E-state index >= 15 is 0 Å². The van der Waals surface area contributed by atoms with Gasteiger partial charge in [0.15, 0.2) is 0 Å². The van der Waals surface area contributed by atoms with E-state index in [0.717, 1.165) is 5.69 Å². The maximum Gasteiger partial charge on any atom is 0.340 e. The van der Waals surface area contributed by atoms with E-state index in [-0.39, 0.29) is 19.2 Å². The van der Waals surface area contributed by atoms with E-state index in [1.54, 1.807) is 12.1 Å². The molecular formula is C17H25NO4. The number of carbonyl (C=O) groups excluding carboxylic acids is 2. The maximum absolute atomic E-state index is 12.1. The number of benzene rings is 1. The lowest BCUT2D eigenvalue weighted by Crippen LogP contribution is -2.27. The first kappa shape index (κ1) is 18.0. The van der Waals surface area contributed by atoms with Crippen molar-refractivity contribution in [2.24, 2.45) is 5.41 Å². The minimum atomic E-state index is -0.512. The van der Waals surface area contributed by atoms with Crippen LogP contribution >= 0.6 is 0 Å². The molecule has 5 nitrogen and oxygen atoms in total. The number of para-hydroxylation sites is 1. The van der Waals surface area contributed by atoms with Crippen LogP contribution in [0.5, 0.6) is 0 Å². The molecular weight excluding hydrogens is 282 g/mol. The quantitative estimate of drug-likeness (QED) is 0.572. The number of esters is 2. The molecule has 0 atom stereocenters. The number of ether oxygens (including phenoxy) is 2. The highest BCUT2D eigenvalue weighted by molar-refractivity contribution is 5.95. The Morgan fingerprint density at radius 2 is 1.68 bits per heavy atom. The predicted octanol–water partition coefficient (Wildman–Crippen LogP) is 2.89. The molecule has 0 bridgehead atoms. The van der Waals surface area contributed by atoms with E-state index in [1.807, 2.05) is 51.9 Å². The predicted molar refractivity (Wildman–Crippen MR) is 86.1 cm³/mol. The molecule has 122 valence electrons. The van der Waals surface area contributed by atoms with Crippen molar-refractivity contribution in [3.8, 4) is 0 Å². The standard InChI is InChI=1S/C17H25NO4/c1-6-17(2,3)16(20)22-12-11-21-15(19)13-9-7-8-10-14(13)18(4)5/h7-10H,6,11-12H2,1-5H3. The van der Waals surface area contributed by atoms with Crippen molar-refractivity contribution in [1.29, 1.82) is 0 Å². The number of hydrogen-bond donors (Lipinski definition) is 0. The molecule has 0 unspecified atom stereocenters. The summed E-state index contributed by atoms with van der Waals surface area (Å²) in [5.74, 6) is -0.699. The molecule has 5 heteroatoms. The van der Waals surface area contributed by atoms with Gasteiger partial charge in [-0.3, -0.25) is 4.79 Å². The lowest BCUT2D eigenvalue weighted by Gasteiger charge is -2.20. The first-order chi connectivity index (χ1) is 10.3. The van der Waals surface area contributed by atoms with E-state index in [1.165, 1.54) is 0 Å². The Morgan fingerprint density at radius 1 is 1.09 bits per heavy atom. The monoisotopic (exact) mass is 307 g/mol. The fraction of sp³-hybridized carbons (Fsp3) is 0.529. The van der Waals surface area contributed by atoms with Gasteiger partial charge in [0.05, 0.1) is 16.7 Å². The van der Waals surface area contributed by atoms with E-state index in [4.69, 9.17) is 9.47 Å². The lowest BCUT2D eigenvalue weighted by molar-refractivity contribution is -0.155. The molecule has 0 aliphatic carbocycles. The second kappa shape index (κ2) is 7.82. The minimum Gasteiger partial charge on any atom is -0.462 e. The molecule has 0 aromatic heterocycles. The third kappa shape index (κ3) is 4.76. The van der Waals surface area contributed by atoms with Gasteiger partial charge in [0.1, 0.15) is 13.2 Å². The van der Waals surface area contributed by atoms with Crippen molar-refractivity contribution in [3.63, 3.8) is 0 Å². The maximum atomic E-state index is 12.1. The third-order valence-electron chi connectivity index (χ3n) is 3.59. The van der Waals surface area contributed by atoms with Crippen LogP contribution in [0.15, 0.2) is 24.3 Å². The Balaban J connectivity index is 2.50. The fourth-order valence-corrected chi connectivity index (χ4v) is 1.72. The molecule has 0 aliphatic heterocycles. The Kier molecular flexibility index (Phi) is 6.40. The SMILES string of the molecule is CCC(C)(C)C(=O)OCCOC(=O)c1ccccc1N(C)C. The summed E-state index contributed by atoms with van der Waals surface area (Å²) in [6.45, 7) is 5.70. The summed E-state index contributed by atoms with van der Waals surface area (Å²) in [5.41, 5.74) is 0.769. The molecule has 1 aromatic carbocycles. The molecule has 0 spiro atoms. The largest absolute Gasteiger partial charge is 0.462 e. The highest BCUT2D eigenvalue weighted by atomic mass is 16.6. The first-order valence-corrected chi connectivity index (χ1v) is 7.40. The molecule has 0 saturated carbocycles. The second-order valence-electron chi connectivity index (χ2n) is 5.92. The topological polar surface area (TPSA) is 55.8 Å². The summed E-state index contributed by atoms with van der Waals surface area (Å²) in [7, 11) is 3.72.